The van der Waals surface area contributed by atoms with E-state index in [4.69, 9.17) is 0 Å². The van der Waals surface area contributed by atoms with Gasteiger partial charge in [0.15, 0.2) is 8.07 Å². The maximum absolute atomic E-state index is 15.2. The lowest BCUT2D eigenvalue weighted by Crippen LogP contribution is -2.75. The monoisotopic (exact) mass is 758 g/mol. The fraction of sp³-hybridized carbons (Fsp3) is 0.0204. The molecule has 56 heavy (non-hydrogen) atoms. The van der Waals surface area contributed by atoms with E-state index in [-0.39, 0.29) is 15.6 Å². The molecule has 2 aliphatic carbocycles. The molecule has 0 N–H and O–H groups in total. The standard InChI is InChI=1S/C49H28F6Si/c50-31-20-32(51)24-38(23-31)56(39-25-33(52)21-34(53)26-39,40-27-35(54)22-36(55)28-40)37-9-7-8-29(18-37)30-16-17-44-43-12-3-6-15-47(43)49(48(44)19-30)45-13-4-1-10-41(45)42-11-2-5-14-46(42)49/h1-28H. The molecular weight excluding hydrogens is 731 g/mol. The van der Waals surface area contributed by atoms with Crippen molar-refractivity contribution in [2.24, 2.45) is 0 Å². The zero-order valence-corrected chi connectivity index (χ0v) is 30.4. The number of fused-ring (bicyclic) bond motifs is 10. The summed E-state index contributed by atoms with van der Waals surface area (Å²) in [6.45, 7) is 0. The van der Waals surface area contributed by atoms with Gasteiger partial charge in [-0.3, -0.25) is 0 Å². The van der Waals surface area contributed by atoms with Gasteiger partial charge in [-0.2, -0.15) is 0 Å². The van der Waals surface area contributed by atoms with Crippen molar-refractivity contribution in [1.82, 2.24) is 0 Å². The van der Waals surface area contributed by atoms with E-state index in [2.05, 4.69) is 66.7 Å². The van der Waals surface area contributed by atoms with E-state index >= 15 is 26.3 Å². The second-order valence-electron chi connectivity index (χ2n) is 14.5. The van der Waals surface area contributed by atoms with Gasteiger partial charge in [0.1, 0.15) is 34.9 Å². The summed E-state index contributed by atoms with van der Waals surface area (Å²) in [7, 11) is -4.29. The Kier molecular flexibility index (Phi) is 7.63. The summed E-state index contributed by atoms with van der Waals surface area (Å²) in [4.78, 5) is 0. The first kappa shape index (κ1) is 34.1. The van der Waals surface area contributed by atoms with Crippen LogP contribution in [0.3, 0.4) is 0 Å². The van der Waals surface area contributed by atoms with Gasteiger partial charge in [-0.05, 0) is 119 Å². The van der Waals surface area contributed by atoms with Crippen LogP contribution in [0.4, 0.5) is 26.3 Å². The highest BCUT2D eigenvalue weighted by molar-refractivity contribution is 7.20. The Balaban J connectivity index is 1.26. The second-order valence-corrected chi connectivity index (χ2v) is 18.3. The van der Waals surface area contributed by atoms with Crippen molar-refractivity contribution in [2.75, 3.05) is 0 Å². The molecule has 0 heterocycles. The first-order valence-corrected chi connectivity index (χ1v) is 20.1. The Labute approximate surface area is 320 Å². The molecule has 0 aromatic heterocycles. The van der Waals surface area contributed by atoms with Crippen molar-refractivity contribution in [2.45, 2.75) is 5.41 Å². The van der Waals surface area contributed by atoms with Crippen LogP contribution in [-0.2, 0) is 5.41 Å². The first-order valence-electron chi connectivity index (χ1n) is 18.1. The van der Waals surface area contributed by atoms with E-state index in [0.717, 1.165) is 69.8 Å². The summed E-state index contributed by atoms with van der Waals surface area (Å²) in [5.41, 5.74) is 9.96. The van der Waals surface area contributed by atoms with Crippen LogP contribution in [0.15, 0.2) is 170 Å². The van der Waals surface area contributed by atoms with Gasteiger partial charge in [0.25, 0.3) is 0 Å². The highest BCUT2D eigenvalue weighted by Crippen LogP contribution is 2.63. The van der Waals surface area contributed by atoms with Gasteiger partial charge in [-0.1, -0.05) is 109 Å². The molecule has 7 heteroatoms. The normalized spacial score (nSPS) is 13.3. The SMILES string of the molecule is Fc1cc(F)cc([Si](c2cc(F)cc(F)c2)(c2cc(F)cc(F)c2)c2cccc(-c3ccc4c(c3)C3(c5ccccc5-c5ccccc53)c3ccccc3-4)c2)c1. The molecule has 10 rings (SSSR count). The third kappa shape index (κ3) is 4.87. The van der Waals surface area contributed by atoms with Crippen molar-refractivity contribution in [1.29, 1.82) is 0 Å². The molecule has 0 nitrogen and oxygen atoms in total. The van der Waals surface area contributed by atoms with Crippen LogP contribution in [0.5, 0.6) is 0 Å². The summed E-state index contributed by atoms with van der Waals surface area (Å²) >= 11 is 0. The van der Waals surface area contributed by atoms with Crippen LogP contribution < -0.4 is 20.7 Å². The highest BCUT2D eigenvalue weighted by Gasteiger charge is 2.51. The van der Waals surface area contributed by atoms with Crippen LogP contribution >= 0.6 is 0 Å². The van der Waals surface area contributed by atoms with Gasteiger partial charge < -0.3 is 0 Å². The molecule has 0 aliphatic heterocycles. The summed E-state index contributed by atoms with van der Waals surface area (Å²) in [6, 6.07) is 47.3. The molecule has 270 valence electrons. The largest absolute Gasteiger partial charge is 0.207 e. The average Bonchev–Trinajstić information content (AvgIpc) is 3.64. The minimum atomic E-state index is -4.29. The topological polar surface area (TPSA) is 0 Å². The van der Waals surface area contributed by atoms with Crippen molar-refractivity contribution >= 4 is 28.8 Å². The first-order chi connectivity index (χ1) is 27.2. The lowest BCUT2D eigenvalue weighted by Gasteiger charge is -2.35. The molecule has 0 saturated heterocycles. The van der Waals surface area contributed by atoms with E-state index in [0.29, 0.717) is 28.9 Å². The second kappa shape index (κ2) is 12.5. The predicted molar refractivity (Wildman–Crippen MR) is 212 cm³/mol. The molecule has 0 bridgehead atoms. The molecule has 0 saturated carbocycles. The van der Waals surface area contributed by atoms with Crippen LogP contribution in [-0.4, -0.2) is 8.07 Å². The van der Waals surface area contributed by atoms with Crippen LogP contribution in [0.2, 0.25) is 0 Å². The van der Waals surface area contributed by atoms with Gasteiger partial charge in [-0.25, -0.2) is 26.3 Å². The minimum absolute atomic E-state index is 0.0182. The van der Waals surface area contributed by atoms with Crippen LogP contribution in [0.1, 0.15) is 22.3 Å². The lowest BCUT2D eigenvalue weighted by atomic mass is 9.70. The molecule has 0 unspecified atom stereocenters. The molecular formula is C49H28F6Si. The van der Waals surface area contributed by atoms with E-state index in [1.54, 1.807) is 12.1 Å². The zero-order valence-electron chi connectivity index (χ0n) is 29.4. The van der Waals surface area contributed by atoms with Crippen molar-refractivity contribution in [3.05, 3.63) is 227 Å². The van der Waals surface area contributed by atoms with Gasteiger partial charge in [0.2, 0.25) is 0 Å². The third-order valence-electron chi connectivity index (χ3n) is 11.5. The molecule has 0 radical (unpaired) electrons. The lowest BCUT2D eigenvalue weighted by molar-refractivity contribution is 0.585. The van der Waals surface area contributed by atoms with E-state index in [9.17, 15) is 0 Å². The van der Waals surface area contributed by atoms with Crippen molar-refractivity contribution < 1.29 is 26.3 Å². The summed E-state index contributed by atoms with van der Waals surface area (Å²) in [5, 5.41) is 0.462. The maximum atomic E-state index is 15.2. The summed E-state index contributed by atoms with van der Waals surface area (Å²) in [5.74, 6) is -5.65. The third-order valence-corrected chi connectivity index (χ3v) is 16.2. The average molecular weight is 759 g/mol. The Morgan fingerprint density at radius 3 is 1.09 bits per heavy atom. The number of halogens is 6. The quantitative estimate of drug-likeness (QED) is 0.0932. The zero-order chi connectivity index (χ0) is 38.3. The molecule has 2 aliphatic rings. The maximum Gasteiger partial charge on any atom is 0.180 e. The van der Waals surface area contributed by atoms with E-state index in [1.165, 1.54) is 16.7 Å². The van der Waals surface area contributed by atoms with Crippen molar-refractivity contribution in [3.8, 4) is 33.4 Å². The highest BCUT2D eigenvalue weighted by atomic mass is 28.3. The summed E-state index contributed by atoms with van der Waals surface area (Å²) < 4.78 is 91.5. The van der Waals surface area contributed by atoms with E-state index < -0.39 is 48.4 Å². The van der Waals surface area contributed by atoms with Gasteiger partial charge in [0, 0.05) is 18.2 Å². The van der Waals surface area contributed by atoms with Gasteiger partial charge >= 0.3 is 0 Å². The molecule has 8 aromatic rings. The number of hydrogen-bond donors (Lipinski definition) is 0. The Bertz CT molecular complexity index is 2670. The molecule has 0 atom stereocenters. The molecule has 0 fully saturated rings. The minimum Gasteiger partial charge on any atom is -0.207 e. The number of hydrogen-bond acceptors (Lipinski definition) is 0. The number of rotatable bonds is 5. The predicted octanol–water partition coefficient (Wildman–Crippen LogP) is 9.91. The van der Waals surface area contributed by atoms with Gasteiger partial charge in [0.05, 0.1) is 5.41 Å². The van der Waals surface area contributed by atoms with Crippen molar-refractivity contribution in [3.63, 3.8) is 0 Å². The fourth-order valence-corrected chi connectivity index (χ4v) is 14.4. The molecule has 0 amide bonds. The molecule has 8 aromatic carbocycles. The number of benzene rings is 8. The van der Waals surface area contributed by atoms with E-state index in [1.807, 2.05) is 36.4 Å². The van der Waals surface area contributed by atoms with Crippen LogP contribution in [0.25, 0.3) is 33.4 Å². The van der Waals surface area contributed by atoms with Gasteiger partial charge in [-0.15, -0.1) is 0 Å². The Morgan fingerprint density at radius 1 is 0.286 bits per heavy atom. The Morgan fingerprint density at radius 2 is 0.661 bits per heavy atom. The summed E-state index contributed by atoms with van der Waals surface area (Å²) in [6.07, 6.45) is 0. The smallest absolute Gasteiger partial charge is 0.180 e. The molecule has 1 spiro atoms. The Hall–Kier alpha value is -6.44. The van der Waals surface area contributed by atoms with Crippen LogP contribution in [0, 0.1) is 34.9 Å². The fourth-order valence-electron chi connectivity index (χ4n) is 9.52.